The first-order chi connectivity index (χ1) is 15.6. The molecule has 3 aromatic carbocycles. The highest BCUT2D eigenvalue weighted by Crippen LogP contribution is 2.42. The molecule has 0 spiro atoms. The van der Waals surface area contributed by atoms with E-state index >= 15 is 0 Å². The number of anilines is 2. The Labute approximate surface area is 191 Å². The molecule has 1 aliphatic rings. The number of thioether (sulfide) groups is 1. The monoisotopic (exact) mass is 448 g/mol. The zero-order valence-electron chi connectivity index (χ0n) is 17.9. The van der Waals surface area contributed by atoms with Gasteiger partial charge in [0.2, 0.25) is 5.91 Å². The minimum Gasteiger partial charge on any atom is -0.497 e. The molecule has 0 aromatic heterocycles. The van der Waals surface area contributed by atoms with E-state index in [1.54, 1.807) is 48.0 Å². The molecule has 0 unspecified atom stereocenters. The molecule has 164 valence electrons. The highest BCUT2D eigenvalue weighted by atomic mass is 32.2. The largest absolute Gasteiger partial charge is 0.497 e. The lowest BCUT2D eigenvalue weighted by atomic mass is 10.1. The summed E-state index contributed by atoms with van der Waals surface area (Å²) in [4.78, 5) is 27.1. The number of carbonyl (C=O) groups is 2. The highest BCUT2D eigenvalue weighted by Gasteiger charge is 2.34. The molecule has 0 saturated carbocycles. The molecule has 4 rings (SSSR count). The number of rotatable bonds is 7. The number of methoxy groups -OCH3 is 1. The molecular weight excluding hydrogens is 424 g/mol. The van der Waals surface area contributed by atoms with Crippen molar-refractivity contribution < 1.29 is 19.1 Å². The van der Waals surface area contributed by atoms with Gasteiger partial charge in [-0.15, -0.1) is 11.8 Å². The van der Waals surface area contributed by atoms with Crippen molar-refractivity contribution in [2.45, 2.75) is 12.3 Å². The first-order valence-corrected chi connectivity index (χ1v) is 11.4. The zero-order chi connectivity index (χ0) is 22.5. The Morgan fingerprint density at radius 3 is 2.47 bits per heavy atom. The van der Waals surface area contributed by atoms with Crippen molar-refractivity contribution in [2.24, 2.45) is 0 Å². The van der Waals surface area contributed by atoms with Crippen molar-refractivity contribution in [3.8, 4) is 11.5 Å². The van der Waals surface area contributed by atoms with Gasteiger partial charge in [0.05, 0.1) is 19.5 Å². The number of carbonyl (C=O) groups excluding carboxylic acids is 2. The summed E-state index contributed by atoms with van der Waals surface area (Å²) in [5.74, 6) is 1.72. The van der Waals surface area contributed by atoms with Crippen LogP contribution in [0.25, 0.3) is 0 Å². The number of benzene rings is 3. The molecule has 1 heterocycles. The average Bonchev–Trinajstić information content (AvgIpc) is 3.21. The third kappa shape index (κ3) is 4.73. The average molecular weight is 449 g/mol. The molecule has 1 saturated heterocycles. The number of nitrogens with one attached hydrogen (secondary N) is 1. The maximum Gasteiger partial charge on any atom is 0.255 e. The van der Waals surface area contributed by atoms with E-state index < -0.39 is 0 Å². The fourth-order valence-corrected chi connectivity index (χ4v) is 4.70. The smallest absolute Gasteiger partial charge is 0.255 e. The van der Waals surface area contributed by atoms with Gasteiger partial charge in [0, 0.05) is 16.9 Å². The van der Waals surface area contributed by atoms with Crippen LogP contribution in [0.15, 0.2) is 72.8 Å². The maximum atomic E-state index is 12.7. The quantitative estimate of drug-likeness (QED) is 0.543. The fraction of sp³-hybridized carbons (Fsp3) is 0.200. The van der Waals surface area contributed by atoms with E-state index in [0.29, 0.717) is 29.4 Å². The molecule has 2 amide bonds. The Hall–Kier alpha value is -3.45. The van der Waals surface area contributed by atoms with Crippen molar-refractivity contribution in [2.75, 3.05) is 29.7 Å². The van der Waals surface area contributed by atoms with Gasteiger partial charge in [-0.05, 0) is 73.2 Å². The van der Waals surface area contributed by atoms with Gasteiger partial charge >= 0.3 is 0 Å². The van der Waals surface area contributed by atoms with Crippen LogP contribution >= 0.6 is 11.8 Å². The van der Waals surface area contributed by atoms with Gasteiger partial charge in [0.15, 0.2) is 0 Å². The van der Waals surface area contributed by atoms with Gasteiger partial charge in [-0.3, -0.25) is 14.5 Å². The molecule has 7 heteroatoms. The second kappa shape index (κ2) is 9.78. The minimum absolute atomic E-state index is 0.0526. The van der Waals surface area contributed by atoms with Gasteiger partial charge in [0.1, 0.15) is 16.9 Å². The summed E-state index contributed by atoms with van der Waals surface area (Å²) in [5, 5.41) is 2.77. The number of hydrogen-bond donors (Lipinski definition) is 1. The van der Waals surface area contributed by atoms with E-state index in [2.05, 4.69) is 5.32 Å². The summed E-state index contributed by atoms with van der Waals surface area (Å²) in [6.45, 7) is 2.53. The molecule has 3 aromatic rings. The number of ether oxygens (including phenoxy) is 2. The van der Waals surface area contributed by atoms with E-state index in [4.69, 9.17) is 9.47 Å². The van der Waals surface area contributed by atoms with Gasteiger partial charge in [-0.25, -0.2) is 0 Å². The zero-order valence-corrected chi connectivity index (χ0v) is 18.7. The molecule has 0 bridgehead atoms. The lowest BCUT2D eigenvalue weighted by Gasteiger charge is -2.25. The van der Waals surface area contributed by atoms with E-state index in [1.807, 2.05) is 55.5 Å². The molecule has 1 atom stereocenters. The van der Waals surface area contributed by atoms with Crippen LogP contribution in [0.4, 0.5) is 11.4 Å². The summed E-state index contributed by atoms with van der Waals surface area (Å²) >= 11 is 1.57. The fourth-order valence-electron chi connectivity index (χ4n) is 3.54. The van der Waals surface area contributed by atoms with Crippen LogP contribution in [0.1, 0.15) is 28.2 Å². The van der Waals surface area contributed by atoms with Gasteiger partial charge in [0.25, 0.3) is 5.91 Å². The van der Waals surface area contributed by atoms with Crippen LogP contribution in [0, 0.1) is 0 Å². The van der Waals surface area contributed by atoms with Crippen LogP contribution in [0.3, 0.4) is 0 Å². The van der Waals surface area contributed by atoms with Crippen LogP contribution in [0.2, 0.25) is 0 Å². The molecular formula is C25H24N2O4S. The predicted molar refractivity (Wildman–Crippen MR) is 128 cm³/mol. The predicted octanol–water partition coefficient (Wildman–Crippen LogP) is 5.12. The van der Waals surface area contributed by atoms with Crippen LogP contribution in [-0.2, 0) is 4.79 Å². The Balaban J connectivity index is 1.53. The first kappa shape index (κ1) is 21.8. The normalized spacial score (nSPS) is 15.5. The van der Waals surface area contributed by atoms with E-state index in [0.717, 1.165) is 17.0 Å². The molecule has 0 aliphatic carbocycles. The first-order valence-electron chi connectivity index (χ1n) is 10.3. The Bertz CT molecular complexity index is 1100. The summed E-state index contributed by atoms with van der Waals surface area (Å²) < 4.78 is 10.6. The molecule has 1 aliphatic heterocycles. The molecule has 1 fully saturated rings. The topological polar surface area (TPSA) is 67.9 Å². The third-order valence-electron chi connectivity index (χ3n) is 5.08. The van der Waals surface area contributed by atoms with Crippen molar-refractivity contribution >= 4 is 35.0 Å². The Morgan fingerprint density at radius 1 is 1.06 bits per heavy atom. The van der Waals surface area contributed by atoms with E-state index in [-0.39, 0.29) is 17.2 Å². The summed E-state index contributed by atoms with van der Waals surface area (Å²) in [6.07, 6.45) is 0. The molecule has 6 nitrogen and oxygen atoms in total. The Morgan fingerprint density at radius 2 is 1.78 bits per heavy atom. The number of amides is 2. The number of hydrogen-bond acceptors (Lipinski definition) is 5. The second-order valence-corrected chi connectivity index (χ2v) is 8.23. The second-order valence-electron chi connectivity index (χ2n) is 7.16. The van der Waals surface area contributed by atoms with Gasteiger partial charge in [-0.1, -0.05) is 12.1 Å². The van der Waals surface area contributed by atoms with Crippen LogP contribution < -0.4 is 19.7 Å². The summed E-state index contributed by atoms with van der Waals surface area (Å²) in [5.41, 5.74) is 2.98. The van der Waals surface area contributed by atoms with Gasteiger partial charge < -0.3 is 14.8 Å². The SMILES string of the molecule is CCOc1ccc(N2C(=O)CS[C@H]2c2cccc(NC(=O)c3ccc(OC)cc3)c2)cc1. The van der Waals surface area contributed by atoms with E-state index in [1.165, 1.54) is 0 Å². The van der Waals surface area contributed by atoms with Crippen molar-refractivity contribution in [3.05, 3.63) is 83.9 Å². The van der Waals surface area contributed by atoms with Crippen LogP contribution in [-0.4, -0.2) is 31.3 Å². The van der Waals surface area contributed by atoms with Crippen molar-refractivity contribution in [1.29, 1.82) is 0 Å². The molecule has 32 heavy (non-hydrogen) atoms. The minimum atomic E-state index is -0.205. The van der Waals surface area contributed by atoms with E-state index in [9.17, 15) is 9.59 Å². The highest BCUT2D eigenvalue weighted by molar-refractivity contribution is 8.00. The summed E-state index contributed by atoms with van der Waals surface area (Å²) in [6, 6.07) is 22.1. The van der Waals surface area contributed by atoms with Crippen molar-refractivity contribution in [3.63, 3.8) is 0 Å². The lowest BCUT2D eigenvalue weighted by molar-refractivity contribution is -0.115. The number of nitrogens with zero attached hydrogens (tertiary/aromatic N) is 1. The molecule has 1 N–H and O–H groups in total. The van der Waals surface area contributed by atoms with Crippen molar-refractivity contribution in [1.82, 2.24) is 0 Å². The lowest BCUT2D eigenvalue weighted by Crippen LogP contribution is -2.27. The van der Waals surface area contributed by atoms with Crippen LogP contribution in [0.5, 0.6) is 11.5 Å². The third-order valence-corrected chi connectivity index (χ3v) is 6.29. The summed E-state index contributed by atoms with van der Waals surface area (Å²) in [7, 11) is 1.59. The Kier molecular flexibility index (Phi) is 6.66. The maximum absolute atomic E-state index is 12.7. The standard InChI is InChI=1S/C25H24N2O4S/c1-3-31-22-13-9-20(10-14-22)27-23(28)16-32-25(27)18-5-4-6-19(15-18)26-24(29)17-7-11-21(30-2)12-8-17/h4-15,25H,3,16H2,1-2H3,(H,26,29)/t25-/m0/s1. The molecule has 0 radical (unpaired) electrons. The van der Waals surface area contributed by atoms with Gasteiger partial charge in [-0.2, -0.15) is 0 Å².